The topological polar surface area (TPSA) is 32.7 Å². The van der Waals surface area contributed by atoms with Gasteiger partial charge in [0.15, 0.2) is 0 Å². The van der Waals surface area contributed by atoms with Crippen LogP contribution in [0.1, 0.15) is 31.7 Å². The molecule has 0 bridgehead atoms. The average molecular weight is 313 g/mol. The van der Waals surface area contributed by atoms with Crippen molar-refractivity contribution >= 4 is 0 Å². The Morgan fingerprint density at radius 2 is 1.86 bits per heavy atom. The van der Waals surface area contributed by atoms with Crippen LogP contribution in [0.5, 0.6) is 5.75 Å². The summed E-state index contributed by atoms with van der Waals surface area (Å²) in [5.41, 5.74) is 1.25. The van der Waals surface area contributed by atoms with Crippen molar-refractivity contribution in [1.82, 2.24) is 4.90 Å². The molecule has 0 aromatic heterocycles. The highest BCUT2D eigenvalue weighted by atomic mass is 19.3. The second-order valence-electron chi connectivity index (χ2n) is 6.13. The van der Waals surface area contributed by atoms with Gasteiger partial charge >= 0.3 is 0 Å². The molecule has 1 fully saturated rings. The molecule has 0 atom stereocenters. The highest BCUT2D eigenvalue weighted by Gasteiger charge is 2.32. The van der Waals surface area contributed by atoms with Gasteiger partial charge in [-0.25, -0.2) is 8.78 Å². The summed E-state index contributed by atoms with van der Waals surface area (Å²) in [7, 11) is 0. The zero-order valence-electron chi connectivity index (χ0n) is 13.1. The van der Waals surface area contributed by atoms with E-state index in [1.807, 2.05) is 12.1 Å². The Hall–Kier alpha value is -1.20. The minimum Gasteiger partial charge on any atom is -0.488 e. The number of rotatable bonds is 7. The van der Waals surface area contributed by atoms with Crippen molar-refractivity contribution in [2.24, 2.45) is 5.41 Å². The van der Waals surface area contributed by atoms with Crippen molar-refractivity contribution in [2.75, 3.05) is 26.3 Å². The van der Waals surface area contributed by atoms with E-state index in [4.69, 9.17) is 4.74 Å². The number of likely N-dealkylation sites (tertiary alicyclic amines) is 1. The first kappa shape index (κ1) is 17.2. The molecule has 1 aromatic rings. The molecule has 22 heavy (non-hydrogen) atoms. The Labute approximate surface area is 130 Å². The predicted molar refractivity (Wildman–Crippen MR) is 82.3 cm³/mol. The zero-order chi connectivity index (χ0) is 16.0. The Kier molecular flexibility index (Phi) is 6.15. The van der Waals surface area contributed by atoms with Crippen LogP contribution < -0.4 is 4.74 Å². The van der Waals surface area contributed by atoms with Crippen molar-refractivity contribution in [2.45, 2.75) is 39.2 Å². The van der Waals surface area contributed by atoms with E-state index in [1.165, 1.54) is 0 Å². The minimum absolute atomic E-state index is 0.101. The number of ether oxygens (including phenoxy) is 1. The summed E-state index contributed by atoms with van der Waals surface area (Å²) in [5.74, 6) is 0.480. The van der Waals surface area contributed by atoms with Crippen LogP contribution in [0.15, 0.2) is 24.3 Å². The Morgan fingerprint density at radius 1 is 1.23 bits per heavy atom. The van der Waals surface area contributed by atoms with Crippen molar-refractivity contribution in [3.8, 4) is 5.75 Å². The second kappa shape index (κ2) is 7.88. The lowest BCUT2D eigenvalue weighted by atomic mass is 9.77. The number of alkyl halides is 2. The third kappa shape index (κ3) is 4.65. The molecule has 5 heteroatoms. The van der Waals surface area contributed by atoms with Crippen molar-refractivity contribution in [3.63, 3.8) is 0 Å². The number of piperidine rings is 1. The molecule has 0 unspecified atom stereocenters. The molecular weight excluding hydrogens is 288 g/mol. The quantitative estimate of drug-likeness (QED) is 0.838. The molecule has 1 aliphatic heterocycles. The van der Waals surface area contributed by atoms with Crippen LogP contribution >= 0.6 is 0 Å². The van der Waals surface area contributed by atoms with E-state index in [2.05, 4.69) is 11.8 Å². The van der Waals surface area contributed by atoms with Crippen LogP contribution in [0.3, 0.4) is 0 Å². The summed E-state index contributed by atoms with van der Waals surface area (Å²) < 4.78 is 29.1. The maximum absolute atomic E-state index is 12.1. The molecule has 0 saturated carbocycles. The highest BCUT2D eigenvalue weighted by Crippen LogP contribution is 2.34. The number of nitrogens with zero attached hydrogens (tertiary/aromatic N) is 1. The van der Waals surface area contributed by atoms with Gasteiger partial charge in [0.1, 0.15) is 12.4 Å². The first-order valence-corrected chi connectivity index (χ1v) is 7.90. The Morgan fingerprint density at radius 3 is 2.36 bits per heavy atom. The molecule has 1 saturated heterocycles. The van der Waals surface area contributed by atoms with Crippen LogP contribution in [-0.2, 0) is 6.54 Å². The largest absolute Gasteiger partial charge is 0.488 e. The molecule has 0 aliphatic carbocycles. The predicted octanol–water partition coefficient (Wildman–Crippen LogP) is 3.32. The summed E-state index contributed by atoms with van der Waals surface area (Å²) in [6.45, 7) is 4.67. The van der Waals surface area contributed by atoms with E-state index in [1.54, 1.807) is 12.1 Å². The van der Waals surface area contributed by atoms with E-state index < -0.39 is 13.0 Å². The van der Waals surface area contributed by atoms with E-state index in [0.29, 0.717) is 5.75 Å². The van der Waals surface area contributed by atoms with Crippen molar-refractivity contribution in [3.05, 3.63) is 29.8 Å². The maximum atomic E-state index is 12.1. The molecule has 2 rings (SSSR count). The fourth-order valence-corrected chi connectivity index (χ4v) is 2.92. The first-order valence-electron chi connectivity index (χ1n) is 7.90. The van der Waals surface area contributed by atoms with E-state index in [-0.39, 0.29) is 12.0 Å². The van der Waals surface area contributed by atoms with Gasteiger partial charge in [-0.3, -0.25) is 4.90 Å². The normalized spacial score (nSPS) is 18.6. The number of hydrogen-bond acceptors (Lipinski definition) is 3. The lowest BCUT2D eigenvalue weighted by Crippen LogP contribution is -2.41. The summed E-state index contributed by atoms with van der Waals surface area (Å²) in [4.78, 5) is 2.37. The molecule has 124 valence electrons. The molecule has 0 spiro atoms. The van der Waals surface area contributed by atoms with E-state index >= 15 is 0 Å². The minimum atomic E-state index is -2.45. The summed E-state index contributed by atoms with van der Waals surface area (Å²) in [5, 5.41) is 9.55. The van der Waals surface area contributed by atoms with Crippen molar-refractivity contribution in [1.29, 1.82) is 0 Å². The van der Waals surface area contributed by atoms with Crippen LogP contribution in [-0.4, -0.2) is 42.7 Å². The van der Waals surface area contributed by atoms with Crippen LogP contribution in [0.25, 0.3) is 0 Å². The number of halogens is 2. The summed E-state index contributed by atoms with van der Waals surface area (Å²) in [6.07, 6.45) is 0.622. The van der Waals surface area contributed by atoms with Gasteiger partial charge in [0.05, 0.1) is 0 Å². The fourth-order valence-electron chi connectivity index (χ4n) is 2.92. The summed E-state index contributed by atoms with van der Waals surface area (Å²) >= 11 is 0. The van der Waals surface area contributed by atoms with Gasteiger partial charge in [0.25, 0.3) is 6.43 Å². The number of aliphatic hydroxyl groups excluding tert-OH is 1. The van der Waals surface area contributed by atoms with Gasteiger partial charge in [-0.2, -0.15) is 0 Å². The lowest BCUT2D eigenvalue weighted by Gasteiger charge is -2.40. The molecular formula is C17H25F2NO2. The molecule has 0 radical (unpaired) electrons. The number of hydrogen-bond donors (Lipinski definition) is 1. The molecule has 1 N–H and O–H groups in total. The summed E-state index contributed by atoms with van der Waals surface area (Å²) in [6, 6.07) is 7.33. The third-order valence-corrected chi connectivity index (χ3v) is 4.71. The van der Waals surface area contributed by atoms with Gasteiger partial charge in [-0.1, -0.05) is 19.1 Å². The average Bonchev–Trinajstić information content (AvgIpc) is 2.55. The van der Waals surface area contributed by atoms with Gasteiger partial charge in [0.2, 0.25) is 0 Å². The van der Waals surface area contributed by atoms with Crippen molar-refractivity contribution < 1.29 is 18.6 Å². The first-order chi connectivity index (χ1) is 10.6. The van der Waals surface area contributed by atoms with Crippen LogP contribution in [0, 0.1) is 5.41 Å². The Balaban J connectivity index is 1.82. The van der Waals surface area contributed by atoms with Crippen LogP contribution in [0.4, 0.5) is 8.78 Å². The number of aliphatic hydroxyl groups is 1. The highest BCUT2D eigenvalue weighted by molar-refractivity contribution is 5.27. The molecule has 1 aromatic carbocycles. The zero-order valence-corrected chi connectivity index (χ0v) is 13.1. The molecule has 0 amide bonds. The third-order valence-electron chi connectivity index (χ3n) is 4.71. The Bertz CT molecular complexity index is 436. The van der Waals surface area contributed by atoms with Gasteiger partial charge < -0.3 is 9.84 Å². The lowest BCUT2D eigenvalue weighted by molar-refractivity contribution is 0.0382. The number of benzene rings is 1. The molecule has 1 heterocycles. The fraction of sp³-hybridized carbons (Fsp3) is 0.647. The molecule has 3 nitrogen and oxygen atoms in total. The van der Waals surface area contributed by atoms with Crippen LogP contribution in [0.2, 0.25) is 0 Å². The second-order valence-corrected chi connectivity index (χ2v) is 6.13. The monoisotopic (exact) mass is 313 g/mol. The SMILES string of the molecule is CCC1(CO)CCN(Cc2ccc(OCC(F)F)cc2)CC1. The standard InChI is InChI=1S/C17H25F2NO2/c1-2-17(13-21)7-9-20(10-8-17)11-14-3-5-15(6-4-14)22-12-16(18)19/h3-6,16,21H,2,7-13H2,1H3. The van der Waals surface area contributed by atoms with E-state index in [0.717, 1.165) is 44.5 Å². The maximum Gasteiger partial charge on any atom is 0.272 e. The van der Waals surface area contributed by atoms with Gasteiger partial charge in [0, 0.05) is 13.2 Å². The van der Waals surface area contributed by atoms with Gasteiger partial charge in [-0.05, 0) is 55.5 Å². The molecule has 1 aliphatic rings. The van der Waals surface area contributed by atoms with E-state index in [9.17, 15) is 13.9 Å². The smallest absolute Gasteiger partial charge is 0.272 e. The van der Waals surface area contributed by atoms with Gasteiger partial charge in [-0.15, -0.1) is 0 Å².